The predicted octanol–water partition coefficient (Wildman–Crippen LogP) is 7.46. The first-order valence-electron chi connectivity index (χ1n) is 20.8. The maximum Gasteiger partial charge on any atom is 0.303 e. The lowest BCUT2D eigenvalue weighted by atomic mass is 9.33. The van der Waals surface area contributed by atoms with Gasteiger partial charge in [0, 0.05) is 51.4 Å². The van der Waals surface area contributed by atoms with Crippen LogP contribution in [0.4, 0.5) is 0 Å². The number of allylic oxidation sites excluding steroid dienone is 1. The van der Waals surface area contributed by atoms with E-state index in [9.17, 15) is 24.0 Å². The Morgan fingerprint density at radius 3 is 2.05 bits per heavy atom. The van der Waals surface area contributed by atoms with Gasteiger partial charge in [-0.2, -0.15) is 0 Å². The Morgan fingerprint density at radius 1 is 0.764 bits per heavy atom. The number of hydrogen-bond donors (Lipinski definition) is 0. The maximum absolute atomic E-state index is 14.2. The number of esters is 4. The highest BCUT2D eigenvalue weighted by Crippen LogP contribution is 2.76. The van der Waals surface area contributed by atoms with Crippen LogP contribution in [0.2, 0.25) is 0 Å². The minimum absolute atomic E-state index is 0.0293. The summed E-state index contributed by atoms with van der Waals surface area (Å²) >= 11 is 0. The van der Waals surface area contributed by atoms with Crippen LogP contribution in [0.1, 0.15) is 140 Å². The first-order valence-corrected chi connectivity index (χ1v) is 20.8. The molecule has 0 aromatic carbocycles. The zero-order chi connectivity index (χ0) is 40.5. The third kappa shape index (κ3) is 7.09. The Morgan fingerprint density at radius 2 is 1.44 bits per heavy atom. The van der Waals surface area contributed by atoms with Crippen molar-refractivity contribution in [2.24, 2.45) is 50.7 Å². The predicted molar refractivity (Wildman–Crippen MR) is 202 cm³/mol. The van der Waals surface area contributed by atoms with Crippen LogP contribution in [-0.2, 0) is 52.4 Å². The Kier molecular flexibility index (Phi) is 11.3. The van der Waals surface area contributed by atoms with Gasteiger partial charge in [-0.3, -0.25) is 24.0 Å². The molecule has 0 radical (unpaired) electrons. The van der Waals surface area contributed by atoms with Gasteiger partial charge in [-0.05, 0) is 96.9 Å². The fraction of sp³-hybridized carbons (Fsp3) is 0.841. The van der Waals surface area contributed by atoms with Crippen LogP contribution < -0.4 is 0 Å². The molecule has 1 saturated heterocycles. The lowest BCUT2D eigenvalue weighted by Gasteiger charge is -2.72. The molecule has 1 heterocycles. The standard InChI is InChI=1S/C44H66O11/c1-24(2)37-30(49)21-44(23-51-36-20-31(52-26(4)46)39(54-28(6)48)32(55-36)22-50-25(3)45)19-18-42(10)29(38(37)44)12-13-34-41(9)16-15-35(53-27(5)47)40(7,8)33(41)14-17-43(34,42)11/h24,29,31-36,39H,12-23H2,1-11H3/t29?,31-,32-,33?,34?,35?,36+,39+,41+,42-,43-,44+/m1/s1. The van der Waals surface area contributed by atoms with Crippen molar-refractivity contribution < 1.29 is 52.4 Å². The Hall–Kier alpha value is -2.79. The summed E-state index contributed by atoms with van der Waals surface area (Å²) in [6.07, 6.45) is 4.80. The molecule has 11 nitrogen and oxygen atoms in total. The number of carbonyl (C=O) groups excluding carboxylic acids is 5. The topological polar surface area (TPSA) is 141 Å². The first-order chi connectivity index (χ1) is 25.6. The summed E-state index contributed by atoms with van der Waals surface area (Å²) < 4.78 is 35.4. The van der Waals surface area contributed by atoms with Crippen LogP contribution in [0, 0.1) is 50.7 Å². The van der Waals surface area contributed by atoms with Crippen molar-refractivity contribution in [2.45, 2.75) is 171 Å². The maximum atomic E-state index is 14.2. The highest BCUT2D eigenvalue weighted by Gasteiger charge is 2.70. The number of ether oxygens (including phenoxy) is 6. The van der Waals surface area contributed by atoms with Gasteiger partial charge in [0.2, 0.25) is 0 Å². The van der Waals surface area contributed by atoms with E-state index >= 15 is 0 Å². The van der Waals surface area contributed by atoms with Crippen LogP contribution >= 0.6 is 0 Å². The second kappa shape index (κ2) is 14.9. The molecule has 0 bridgehead atoms. The second-order valence-corrected chi connectivity index (χ2v) is 19.6. The molecule has 308 valence electrons. The van der Waals surface area contributed by atoms with E-state index < -0.39 is 47.9 Å². The minimum Gasteiger partial charge on any atom is -0.463 e. The number of rotatable bonds is 9. The number of hydrogen-bond acceptors (Lipinski definition) is 11. The van der Waals surface area contributed by atoms with E-state index in [2.05, 4.69) is 48.5 Å². The fourth-order valence-corrected chi connectivity index (χ4v) is 13.5. The van der Waals surface area contributed by atoms with E-state index in [0.29, 0.717) is 18.3 Å². The zero-order valence-electron chi connectivity index (χ0n) is 35.2. The Balaban J connectivity index is 1.29. The van der Waals surface area contributed by atoms with Gasteiger partial charge in [0.05, 0.1) is 6.61 Å². The summed E-state index contributed by atoms with van der Waals surface area (Å²) in [7, 11) is 0. The summed E-state index contributed by atoms with van der Waals surface area (Å²) in [6.45, 7) is 21.9. The van der Waals surface area contributed by atoms with Crippen LogP contribution in [0.25, 0.3) is 0 Å². The van der Waals surface area contributed by atoms with Crippen molar-refractivity contribution >= 4 is 29.7 Å². The van der Waals surface area contributed by atoms with E-state index in [1.807, 2.05) is 0 Å². The van der Waals surface area contributed by atoms with Gasteiger partial charge in [0.1, 0.15) is 24.9 Å². The molecule has 4 saturated carbocycles. The molecule has 11 heteroatoms. The molecule has 5 fully saturated rings. The van der Waals surface area contributed by atoms with Crippen LogP contribution in [0.15, 0.2) is 11.1 Å². The number of carbonyl (C=O) groups is 5. The van der Waals surface area contributed by atoms with E-state index in [1.165, 1.54) is 33.3 Å². The van der Waals surface area contributed by atoms with E-state index in [-0.39, 0.29) is 71.0 Å². The highest BCUT2D eigenvalue weighted by molar-refractivity contribution is 6.00. The normalized spacial score (nSPS) is 42.0. The molecule has 6 aliphatic rings. The van der Waals surface area contributed by atoms with Gasteiger partial charge in [0.15, 0.2) is 18.2 Å². The van der Waals surface area contributed by atoms with E-state index in [0.717, 1.165) is 56.9 Å². The average Bonchev–Trinajstić information content (AvgIpc) is 3.37. The second-order valence-electron chi connectivity index (χ2n) is 19.6. The van der Waals surface area contributed by atoms with E-state index in [1.54, 1.807) is 0 Å². The van der Waals surface area contributed by atoms with Gasteiger partial charge < -0.3 is 28.4 Å². The van der Waals surface area contributed by atoms with Gasteiger partial charge in [-0.15, -0.1) is 0 Å². The summed E-state index contributed by atoms with van der Waals surface area (Å²) in [5, 5.41) is 0. The molecule has 55 heavy (non-hydrogen) atoms. The molecule has 1 aliphatic heterocycles. The molecule has 12 atom stereocenters. The van der Waals surface area contributed by atoms with Gasteiger partial charge in [-0.1, -0.05) is 54.0 Å². The van der Waals surface area contributed by atoms with Gasteiger partial charge in [0.25, 0.3) is 0 Å². The SMILES string of the molecule is CC(=O)OC[C@H]1O[C@H](OC[C@@]23CC[C@]4(C)C(CCC5[C@@]6(C)CCC(OC(C)=O)C(C)(C)C6CC[C@]54C)C2=C(C(C)C)C(=O)C3)C[C@@H](OC(C)=O)[C@@H]1OC(C)=O. The largest absolute Gasteiger partial charge is 0.463 e. The molecular formula is C44H66O11. The van der Waals surface area contributed by atoms with Crippen molar-refractivity contribution in [1.29, 1.82) is 0 Å². The highest BCUT2D eigenvalue weighted by atomic mass is 16.7. The molecule has 5 aliphatic carbocycles. The number of Topliss-reactive ketones (excluding diaryl/α,β-unsaturated/α-hetero) is 1. The zero-order valence-corrected chi connectivity index (χ0v) is 35.2. The molecule has 0 N–H and O–H groups in total. The molecule has 6 rings (SSSR count). The fourth-order valence-electron chi connectivity index (χ4n) is 13.5. The number of fused-ring (bicyclic) bond motifs is 7. The summed E-state index contributed by atoms with van der Waals surface area (Å²) in [4.78, 5) is 62.4. The average molecular weight is 771 g/mol. The van der Waals surface area contributed by atoms with Crippen LogP contribution in [0.3, 0.4) is 0 Å². The Labute approximate surface area is 327 Å². The first kappa shape index (κ1) is 41.8. The molecule has 0 aromatic rings. The third-order valence-electron chi connectivity index (χ3n) is 15.9. The van der Waals surface area contributed by atoms with Gasteiger partial charge >= 0.3 is 23.9 Å². The van der Waals surface area contributed by atoms with Crippen molar-refractivity contribution in [3.05, 3.63) is 11.1 Å². The molecule has 4 unspecified atom stereocenters. The summed E-state index contributed by atoms with van der Waals surface area (Å²) in [5.74, 6) is -0.379. The summed E-state index contributed by atoms with van der Waals surface area (Å²) in [5.41, 5.74) is 1.78. The van der Waals surface area contributed by atoms with Crippen molar-refractivity contribution in [2.75, 3.05) is 13.2 Å². The molecule has 0 aromatic heterocycles. The monoisotopic (exact) mass is 770 g/mol. The molecule has 0 amide bonds. The molecule has 0 spiro atoms. The van der Waals surface area contributed by atoms with Crippen molar-refractivity contribution in [1.82, 2.24) is 0 Å². The van der Waals surface area contributed by atoms with Crippen LogP contribution in [0.5, 0.6) is 0 Å². The van der Waals surface area contributed by atoms with E-state index in [4.69, 9.17) is 28.4 Å². The molecular weight excluding hydrogens is 704 g/mol. The van der Waals surface area contributed by atoms with Crippen LogP contribution in [-0.4, -0.2) is 73.6 Å². The Bertz CT molecular complexity index is 1600. The summed E-state index contributed by atoms with van der Waals surface area (Å²) in [6, 6.07) is 0. The van der Waals surface area contributed by atoms with Crippen molar-refractivity contribution in [3.63, 3.8) is 0 Å². The number of ketones is 1. The van der Waals surface area contributed by atoms with Gasteiger partial charge in [-0.25, -0.2) is 0 Å². The third-order valence-corrected chi connectivity index (χ3v) is 15.9. The minimum atomic E-state index is -0.986. The lowest BCUT2D eigenvalue weighted by Crippen LogP contribution is -2.66. The smallest absolute Gasteiger partial charge is 0.303 e. The quantitative estimate of drug-likeness (QED) is 0.171. The lowest BCUT2D eigenvalue weighted by molar-refractivity contribution is -0.273. The van der Waals surface area contributed by atoms with Crippen molar-refractivity contribution in [3.8, 4) is 0 Å².